The van der Waals surface area contributed by atoms with Crippen molar-refractivity contribution in [3.8, 4) is 5.75 Å². The van der Waals surface area contributed by atoms with Crippen LogP contribution in [0.2, 0.25) is 0 Å². The maximum absolute atomic E-state index is 13.1. The summed E-state index contributed by atoms with van der Waals surface area (Å²) in [4.78, 5) is 15.9. The molecule has 7 nitrogen and oxygen atoms in total. The molecule has 0 aliphatic carbocycles. The molecule has 1 fully saturated rings. The molecule has 0 spiro atoms. The summed E-state index contributed by atoms with van der Waals surface area (Å²) >= 11 is 6.39. The van der Waals surface area contributed by atoms with Crippen molar-refractivity contribution in [1.29, 1.82) is 0 Å². The van der Waals surface area contributed by atoms with Crippen LogP contribution < -0.4 is 14.5 Å². The van der Waals surface area contributed by atoms with Crippen LogP contribution in [0, 0.1) is 6.92 Å². The third-order valence-electron chi connectivity index (χ3n) is 4.16. The lowest BCUT2D eigenvalue weighted by Crippen LogP contribution is -2.31. The molecule has 0 saturated carbocycles. The predicted octanol–water partition coefficient (Wildman–Crippen LogP) is 3.27. The fourth-order valence-electron chi connectivity index (χ4n) is 2.91. The Labute approximate surface area is 171 Å². The second-order valence-electron chi connectivity index (χ2n) is 6.19. The van der Waals surface area contributed by atoms with Crippen molar-refractivity contribution < 1.29 is 22.5 Å². The molecule has 144 valence electrons. The molecule has 2 aromatic carbocycles. The predicted molar refractivity (Wildman–Crippen MR) is 112 cm³/mol. The van der Waals surface area contributed by atoms with Gasteiger partial charge in [-0.1, -0.05) is 42.0 Å². The fourth-order valence-corrected chi connectivity index (χ4v) is 4.80. The smallest absolute Gasteiger partial charge is 0.283 e. The number of nitrogens with zero attached hydrogens (tertiary/aromatic N) is 2. The minimum atomic E-state index is -4.37. The van der Waals surface area contributed by atoms with Crippen LogP contribution in [0.15, 0.2) is 59.3 Å². The number of fused-ring (bicyclic) bond motifs is 1. The van der Waals surface area contributed by atoms with E-state index >= 15 is 0 Å². The van der Waals surface area contributed by atoms with Crippen molar-refractivity contribution in [3.05, 3.63) is 64.9 Å². The Morgan fingerprint density at radius 2 is 1.82 bits per heavy atom. The standard InChI is InChI=1S/C18H14N2O5S3/c1-11-6-8-12(9-7-11)20-16(21)15(27-18(20)26)17-19(10-28(22,23)24)13-4-2-3-5-14(13)25-17/h2-9H,10H2,1H3,(H,22,23,24)/b17-15-. The first-order valence-corrected chi connectivity index (χ1v) is 10.9. The van der Waals surface area contributed by atoms with Gasteiger partial charge in [0.15, 0.2) is 15.9 Å². The summed E-state index contributed by atoms with van der Waals surface area (Å²) in [5.41, 5.74) is 2.10. The van der Waals surface area contributed by atoms with Crippen molar-refractivity contribution >= 4 is 55.7 Å². The lowest BCUT2D eigenvalue weighted by molar-refractivity contribution is -0.113. The van der Waals surface area contributed by atoms with Gasteiger partial charge in [0.25, 0.3) is 16.0 Å². The molecule has 28 heavy (non-hydrogen) atoms. The third-order valence-corrected chi connectivity index (χ3v) is 6.08. The molecular weight excluding hydrogens is 420 g/mol. The van der Waals surface area contributed by atoms with Crippen molar-refractivity contribution in [2.45, 2.75) is 6.92 Å². The molecule has 4 rings (SSSR count). The van der Waals surface area contributed by atoms with Gasteiger partial charge in [0, 0.05) is 0 Å². The van der Waals surface area contributed by atoms with E-state index in [2.05, 4.69) is 0 Å². The summed E-state index contributed by atoms with van der Waals surface area (Å²) in [5, 5.41) is 0. The highest BCUT2D eigenvalue weighted by Crippen LogP contribution is 2.45. The summed E-state index contributed by atoms with van der Waals surface area (Å²) < 4.78 is 38.5. The summed E-state index contributed by atoms with van der Waals surface area (Å²) in [6.07, 6.45) is 0. The molecule has 0 bridgehead atoms. The summed E-state index contributed by atoms with van der Waals surface area (Å²) in [6.45, 7) is 1.94. The van der Waals surface area contributed by atoms with Crippen LogP contribution in [0.25, 0.3) is 0 Å². The Kier molecular flexibility index (Phi) is 4.66. The molecule has 1 N–H and O–H groups in total. The van der Waals surface area contributed by atoms with Crippen LogP contribution >= 0.6 is 24.0 Å². The number of aryl methyl sites for hydroxylation is 1. The van der Waals surface area contributed by atoms with E-state index in [0.29, 0.717) is 21.4 Å². The molecule has 2 aromatic rings. The van der Waals surface area contributed by atoms with Crippen LogP contribution in [-0.2, 0) is 14.9 Å². The van der Waals surface area contributed by atoms with Gasteiger partial charge in [0.2, 0.25) is 5.88 Å². The molecular formula is C18H14N2O5S3. The van der Waals surface area contributed by atoms with E-state index in [9.17, 15) is 17.8 Å². The number of para-hydroxylation sites is 2. The molecule has 1 amide bonds. The van der Waals surface area contributed by atoms with E-state index in [4.69, 9.17) is 17.0 Å². The number of amides is 1. The third kappa shape index (κ3) is 3.39. The van der Waals surface area contributed by atoms with Gasteiger partial charge in [0.1, 0.15) is 4.91 Å². The van der Waals surface area contributed by atoms with Crippen LogP contribution in [-0.4, -0.2) is 29.1 Å². The largest absolute Gasteiger partial charge is 0.437 e. The molecule has 10 heteroatoms. The SMILES string of the molecule is Cc1ccc(N2C(=O)/C(=C3/Oc4ccccc4N3CS(=O)(=O)O)SC2=S)cc1. The van der Waals surface area contributed by atoms with Crippen LogP contribution in [0.4, 0.5) is 11.4 Å². The van der Waals surface area contributed by atoms with Crippen LogP contribution in [0.1, 0.15) is 5.56 Å². The van der Waals surface area contributed by atoms with E-state index in [1.807, 2.05) is 19.1 Å². The van der Waals surface area contributed by atoms with E-state index in [1.165, 1.54) is 9.80 Å². The Balaban J connectivity index is 1.78. The maximum atomic E-state index is 13.1. The minimum Gasteiger partial charge on any atom is -0.437 e. The zero-order chi connectivity index (χ0) is 20.1. The topological polar surface area (TPSA) is 87.2 Å². The van der Waals surface area contributed by atoms with E-state index in [0.717, 1.165) is 17.3 Å². The highest BCUT2D eigenvalue weighted by atomic mass is 32.2. The molecule has 2 aliphatic heterocycles. The number of hydrogen-bond donors (Lipinski definition) is 1. The van der Waals surface area contributed by atoms with Crippen LogP contribution in [0.5, 0.6) is 5.75 Å². The van der Waals surface area contributed by atoms with Gasteiger partial charge in [-0.05, 0) is 43.0 Å². The van der Waals surface area contributed by atoms with Gasteiger partial charge in [-0.25, -0.2) is 0 Å². The van der Waals surface area contributed by atoms with Crippen molar-refractivity contribution in [2.24, 2.45) is 0 Å². The first-order valence-electron chi connectivity index (χ1n) is 8.11. The van der Waals surface area contributed by atoms with Crippen molar-refractivity contribution in [3.63, 3.8) is 0 Å². The summed E-state index contributed by atoms with van der Waals surface area (Å²) in [5.74, 6) is -0.733. The first-order chi connectivity index (χ1) is 13.2. The molecule has 2 heterocycles. The molecule has 0 aromatic heterocycles. The molecule has 1 saturated heterocycles. The number of carbonyl (C=O) groups excluding carboxylic acids is 1. The van der Waals surface area contributed by atoms with E-state index in [1.54, 1.807) is 36.4 Å². The summed E-state index contributed by atoms with van der Waals surface area (Å²) in [6, 6.07) is 14.0. The summed E-state index contributed by atoms with van der Waals surface area (Å²) in [7, 11) is -4.37. The average molecular weight is 435 g/mol. The lowest BCUT2D eigenvalue weighted by Gasteiger charge is -2.18. The lowest BCUT2D eigenvalue weighted by atomic mass is 10.2. The molecule has 2 aliphatic rings. The number of thioether (sulfide) groups is 1. The van der Waals surface area contributed by atoms with Crippen LogP contribution in [0.3, 0.4) is 0 Å². The zero-order valence-corrected chi connectivity index (χ0v) is 17.0. The zero-order valence-electron chi connectivity index (χ0n) is 14.5. The highest BCUT2D eigenvalue weighted by molar-refractivity contribution is 8.27. The number of anilines is 2. The Morgan fingerprint density at radius 3 is 2.50 bits per heavy atom. The Hall–Kier alpha value is -2.40. The average Bonchev–Trinajstić information content (AvgIpc) is 3.12. The number of benzene rings is 2. The Morgan fingerprint density at radius 1 is 1.14 bits per heavy atom. The number of hydrogen-bond acceptors (Lipinski definition) is 7. The van der Waals surface area contributed by atoms with Gasteiger partial charge < -0.3 is 4.74 Å². The van der Waals surface area contributed by atoms with Gasteiger partial charge in [0.05, 0.1) is 11.4 Å². The molecule has 0 radical (unpaired) electrons. The normalized spacial score (nSPS) is 19.2. The first kappa shape index (κ1) is 18.9. The number of ether oxygens (including phenoxy) is 1. The quantitative estimate of drug-likeness (QED) is 0.447. The second-order valence-corrected chi connectivity index (χ2v) is 9.25. The molecule has 0 atom stereocenters. The number of carbonyl (C=O) groups is 1. The van der Waals surface area contributed by atoms with Gasteiger partial charge in [-0.2, -0.15) is 8.42 Å². The maximum Gasteiger partial charge on any atom is 0.283 e. The fraction of sp³-hybridized carbons (Fsp3) is 0.111. The monoisotopic (exact) mass is 434 g/mol. The second kappa shape index (κ2) is 6.89. The van der Waals surface area contributed by atoms with Crippen molar-refractivity contribution in [1.82, 2.24) is 0 Å². The van der Waals surface area contributed by atoms with Gasteiger partial charge >= 0.3 is 0 Å². The Bertz CT molecular complexity index is 1130. The molecule has 0 unspecified atom stereocenters. The van der Waals surface area contributed by atoms with E-state index in [-0.39, 0.29) is 10.8 Å². The van der Waals surface area contributed by atoms with Gasteiger partial charge in [-0.15, -0.1) is 0 Å². The number of thiocarbonyl (C=S) groups is 1. The number of rotatable bonds is 3. The highest BCUT2D eigenvalue weighted by Gasteiger charge is 2.41. The van der Waals surface area contributed by atoms with E-state index < -0.39 is 21.9 Å². The van der Waals surface area contributed by atoms with Crippen molar-refractivity contribution in [2.75, 3.05) is 15.7 Å². The van der Waals surface area contributed by atoms with Gasteiger partial charge in [-0.3, -0.25) is 19.1 Å². The minimum absolute atomic E-state index is 0.0331.